The minimum atomic E-state index is -0.738. The normalized spacial score (nSPS) is 10.2. The summed E-state index contributed by atoms with van der Waals surface area (Å²) in [4.78, 5) is 27.7. The lowest BCUT2D eigenvalue weighted by Gasteiger charge is -2.13. The molecule has 2 aromatic rings. The first-order valence-electron chi connectivity index (χ1n) is 8.12. The fraction of sp³-hybridized carbons (Fsp3) is 0.278. The lowest BCUT2D eigenvalue weighted by atomic mass is 10.2. The molecule has 1 aromatic carbocycles. The molecule has 0 unspecified atom stereocenters. The van der Waals surface area contributed by atoms with Gasteiger partial charge in [0.25, 0.3) is 5.91 Å². The SMILES string of the molecule is CCOc1ccc(NC(=O)COC(=O)c2cnc(Cl)c(Cl)c2)cc1OCC. The number of aromatic nitrogens is 1. The minimum Gasteiger partial charge on any atom is -0.490 e. The van der Waals surface area contributed by atoms with E-state index in [4.69, 9.17) is 37.4 Å². The van der Waals surface area contributed by atoms with Crippen LogP contribution in [0.15, 0.2) is 30.5 Å². The topological polar surface area (TPSA) is 86.8 Å². The van der Waals surface area contributed by atoms with Crippen LogP contribution in [0.3, 0.4) is 0 Å². The average Bonchev–Trinajstić information content (AvgIpc) is 2.64. The molecule has 9 heteroatoms. The Hall–Kier alpha value is -2.51. The van der Waals surface area contributed by atoms with Crippen LogP contribution in [0.25, 0.3) is 0 Å². The lowest BCUT2D eigenvalue weighted by Crippen LogP contribution is -2.21. The highest BCUT2D eigenvalue weighted by atomic mass is 35.5. The number of hydrogen-bond donors (Lipinski definition) is 1. The molecule has 2 rings (SSSR count). The standard InChI is InChI=1S/C18H18Cl2N2O5/c1-3-25-14-6-5-12(8-15(14)26-4-2)22-16(23)10-27-18(24)11-7-13(19)17(20)21-9-11/h5-9H,3-4,10H2,1-2H3,(H,22,23). The predicted molar refractivity (Wildman–Crippen MR) is 102 cm³/mol. The Balaban J connectivity index is 1.95. The van der Waals surface area contributed by atoms with Gasteiger partial charge in [0.05, 0.1) is 23.8 Å². The van der Waals surface area contributed by atoms with Crippen molar-refractivity contribution >= 4 is 40.8 Å². The first-order valence-corrected chi connectivity index (χ1v) is 8.87. The number of halogens is 2. The third-order valence-electron chi connectivity index (χ3n) is 3.19. The molecule has 0 saturated heterocycles. The summed E-state index contributed by atoms with van der Waals surface area (Å²) in [7, 11) is 0. The molecule has 0 atom stereocenters. The van der Waals surface area contributed by atoms with E-state index in [1.807, 2.05) is 13.8 Å². The van der Waals surface area contributed by atoms with E-state index in [-0.39, 0.29) is 15.7 Å². The highest BCUT2D eigenvalue weighted by Crippen LogP contribution is 2.30. The number of anilines is 1. The van der Waals surface area contributed by atoms with Crippen molar-refractivity contribution in [2.75, 3.05) is 25.1 Å². The van der Waals surface area contributed by atoms with Crippen LogP contribution in [-0.2, 0) is 9.53 Å². The molecule has 7 nitrogen and oxygen atoms in total. The monoisotopic (exact) mass is 412 g/mol. The summed E-state index contributed by atoms with van der Waals surface area (Å²) in [5, 5.41) is 2.82. The van der Waals surface area contributed by atoms with E-state index in [0.29, 0.717) is 30.4 Å². The van der Waals surface area contributed by atoms with Gasteiger partial charge in [0.2, 0.25) is 0 Å². The first-order chi connectivity index (χ1) is 12.9. The Morgan fingerprint density at radius 3 is 2.44 bits per heavy atom. The number of nitrogens with zero attached hydrogens (tertiary/aromatic N) is 1. The van der Waals surface area contributed by atoms with Gasteiger partial charge in [-0.25, -0.2) is 9.78 Å². The van der Waals surface area contributed by atoms with Crippen molar-refractivity contribution in [1.29, 1.82) is 0 Å². The Bertz CT molecular complexity index is 829. The number of hydrogen-bond acceptors (Lipinski definition) is 6. The Kier molecular flexibility index (Phi) is 7.69. The van der Waals surface area contributed by atoms with Crippen LogP contribution in [0, 0.1) is 0 Å². The summed E-state index contributed by atoms with van der Waals surface area (Å²) in [5.74, 6) is -0.159. The van der Waals surface area contributed by atoms with E-state index < -0.39 is 18.5 Å². The van der Waals surface area contributed by atoms with Gasteiger partial charge in [0, 0.05) is 18.0 Å². The Labute approximate surface area is 166 Å². The maximum Gasteiger partial charge on any atom is 0.340 e. The van der Waals surface area contributed by atoms with E-state index >= 15 is 0 Å². The molecule has 0 aliphatic heterocycles. The number of amides is 1. The van der Waals surface area contributed by atoms with Gasteiger partial charge in [-0.1, -0.05) is 23.2 Å². The van der Waals surface area contributed by atoms with Gasteiger partial charge in [-0.3, -0.25) is 4.79 Å². The average molecular weight is 413 g/mol. The Morgan fingerprint density at radius 2 is 1.78 bits per heavy atom. The second kappa shape index (κ2) is 9.99. The maximum absolute atomic E-state index is 12.0. The van der Waals surface area contributed by atoms with E-state index in [1.165, 1.54) is 12.3 Å². The third-order valence-corrected chi connectivity index (χ3v) is 3.88. The van der Waals surface area contributed by atoms with Crippen molar-refractivity contribution in [3.05, 3.63) is 46.2 Å². The van der Waals surface area contributed by atoms with Crippen molar-refractivity contribution in [2.45, 2.75) is 13.8 Å². The largest absolute Gasteiger partial charge is 0.490 e. The van der Waals surface area contributed by atoms with E-state index in [0.717, 1.165) is 0 Å². The molecular formula is C18H18Cl2N2O5. The van der Waals surface area contributed by atoms with Crippen molar-refractivity contribution in [2.24, 2.45) is 0 Å². The molecule has 0 fully saturated rings. The minimum absolute atomic E-state index is 0.0755. The zero-order valence-corrected chi connectivity index (χ0v) is 16.3. The molecule has 0 aliphatic carbocycles. The number of benzene rings is 1. The van der Waals surface area contributed by atoms with Gasteiger partial charge >= 0.3 is 5.97 Å². The number of rotatable bonds is 8. The van der Waals surface area contributed by atoms with Gasteiger partial charge in [-0.15, -0.1) is 0 Å². The van der Waals surface area contributed by atoms with Crippen molar-refractivity contribution in [1.82, 2.24) is 4.98 Å². The number of esters is 1. The summed E-state index contributed by atoms with van der Waals surface area (Å²) in [5.41, 5.74) is 0.580. The van der Waals surface area contributed by atoms with Crippen LogP contribution in [0.2, 0.25) is 10.2 Å². The third kappa shape index (κ3) is 6.01. The van der Waals surface area contributed by atoms with Crippen molar-refractivity contribution in [3.8, 4) is 11.5 Å². The molecule has 0 saturated carbocycles. The second-order valence-electron chi connectivity index (χ2n) is 5.15. The molecule has 1 aromatic heterocycles. The summed E-state index contributed by atoms with van der Waals surface area (Å²) in [6.07, 6.45) is 1.22. The highest BCUT2D eigenvalue weighted by Gasteiger charge is 2.14. The Morgan fingerprint density at radius 1 is 1.07 bits per heavy atom. The van der Waals surface area contributed by atoms with E-state index in [2.05, 4.69) is 10.3 Å². The predicted octanol–water partition coefficient (Wildman–Crippen LogP) is 3.98. The smallest absolute Gasteiger partial charge is 0.340 e. The van der Waals surface area contributed by atoms with E-state index in [1.54, 1.807) is 18.2 Å². The van der Waals surface area contributed by atoms with Crippen LogP contribution >= 0.6 is 23.2 Å². The molecule has 0 aliphatic rings. The van der Waals surface area contributed by atoms with Crippen molar-refractivity contribution in [3.63, 3.8) is 0 Å². The van der Waals surface area contributed by atoms with Gasteiger partial charge in [0.1, 0.15) is 5.15 Å². The number of carbonyl (C=O) groups excluding carboxylic acids is 2. The summed E-state index contributed by atoms with van der Waals surface area (Å²) < 4.78 is 15.9. The fourth-order valence-electron chi connectivity index (χ4n) is 2.07. The molecule has 1 amide bonds. The molecule has 1 N–H and O–H groups in total. The van der Waals surface area contributed by atoms with Crippen molar-refractivity contribution < 1.29 is 23.8 Å². The molecule has 144 valence electrons. The lowest BCUT2D eigenvalue weighted by molar-refractivity contribution is -0.119. The number of pyridine rings is 1. The zero-order valence-electron chi connectivity index (χ0n) is 14.8. The second-order valence-corrected chi connectivity index (χ2v) is 5.91. The fourth-order valence-corrected chi connectivity index (χ4v) is 2.34. The number of ether oxygens (including phenoxy) is 3. The highest BCUT2D eigenvalue weighted by molar-refractivity contribution is 6.41. The van der Waals surface area contributed by atoms with Crippen LogP contribution in [0.5, 0.6) is 11.5 Å². The number of carbonyl (C=O) groups is 2. The summed E-state index contributed by atoms with van der Waals surface area (Å²) in [6.45, 7) is 4.18. The molecule has 27 heavy (non-hydrogen) atoms. The van der Waals surface area contributed by atoms with Gasteiger partial charge in [-0.05, 0) is 32.0 Å². The summed E-state index contributed by atoms with van der Waals surface area (Å²) >= 11 is 11.5. The van der Waals surface area contributed by atoms with Gasteiger partial charge in [0.15, 0.2) is 18.1 Å². The molecule has 0 bridgehead atoms. The number of nitrogens with one attached hydrogen (secondary N) is 1. The van der Waals surface area contributed by atoms with Gasteiger partial charge in [-0.2, -0.15) is 0 Å². The zero-order chi connectivity index (χ0) is 19.8. The van der Waals surface area contributed by atoms with Crippen LogP contribution < -0.4 is 14.8 Å². The quantitative estimate of drug-likeness (QED) is 0.521. The van der Waals surface area contributed by atoms with Crippen LogP contribution in [-0.4, -0.2) is 36.7 Å². The molecule has 0 radical (unpaired) electrons. The maximum atomic E-state index is 12.0. The molecule has 1 heterocycles. The van der Waals surface area contributed by atoms with Crippen LogP contribution in [0.4, 0.5) is 5.69 Å². The van der Waals surface area contributed by atoms with Gasteiger partial charge < -0.3 is 19.5 Å². The summed E-state index contributed by atoms with van der Waals surface area (Å²) in [6, 6.07) is 6.31. The van der Waals surface area contributed by atoms with E-state index in [9.17, 15) is 9.59 Å². The molecular weight excluding hydrogens is 395 g/mol. The van der Waals surface area contributed by atoms with Crippen LogP contribution in [0.1, 0.15) is 24.2 Å². The molecule has 0 spiro atoms. The first kappa shape index (κ1) is 20.8.